The van der Waals surface area contributed by atoms with Gasteiger partial charge in [-0.1, -0.05) is 18.2 Å². The van der Waals surface area contributed by atoms with Crippen molar-refractivity contribution >= 4 is 28.5 Å². The number of hydrogen-bond acceptors (Lipinski definition) is 6. The Morgan fingerprint density at radius 1 is 1.29 bits per heavy atom. The summed E-state index contributed by atoms with van der Waals surface area (Å²) < 4.78 is 18.9. The lowest BCUT2D eigenvalue weighted by molar-refractivity contribution is 0.415. The van der Waals surface area contributed by atoms with E-state index in [1.54, 1.807) is 24.8 Å². The number of aromatic nitrogens is 1. The van der Waals surface area contributed by atoms with Gasteiger partial charge in [0.15, 0.2) is 0 Å². The Morgan fingerprint density at radius 3 is 2.92 bits per heavy atom. The van der Waals surface area contributed by atoms with Crippen LogP contribution in [0.4, 0.5) is 15.3 Å². The summed E-state index contributed by atoms with van der Waals surface area (Å²) in [6, 6.07) is 12.0. The maximum atomic E-state index is 13.6. The molecule has 3 N–H and O–H groups in total. The van der Waals surface area contributed by atoms with Crippen molar-refractivity contribution in [3.05, 3.63) is 59.2 Å². The van der Waals surface area contributed by atoms with Gasteiger partial charge in [0.25, 0.3) is 0 Å². The normalized spacial score (nSPS) is 10.9. The molecule has 0 aliphatic rings. The second-order valence-electron chi connectivity index (χ2n) is 4.92. The van der Waals surface area contributed by atoms with E-state index in [0.717, 1.165) is 11.1 Å². The van der Waals surface area contributed by atoms with Crippen LogP contribution in [-0.2, 0) is 0 Å². The molecule has 24 heavy (non-hydrogen) atoms. The van der Waals surface area contributed by atoms with E-state index in [9.17, 15) is 4.39 Å². The summed E-state index contributed by atoms with van der Waals surface area (Å²) in [5.41, 5.74) is 10.8. The molecule has 0 aliphatic heterocycles. The summed E-state index contributed by atoms with van der Waals surface area (Å²) in [4.78, 5) is 4.05. The number of thiazole rings is 1. The largest absolute Gasteiger partial charge is 0.496 e. The molecule has 0 aliphatic carbocycles. The zero-order chi connectivity index (χ0) is 16.9. The minimum Gasteiger partial charge on any atom is -0.496 e. The number of ether oxygens (including phenoxy) is 1. The molecule has 2 aromatic carbocycles. The van der Waals surface area contributed by atoms with Gasteiger partial charge >= 0.3 is 0 Å². The van der Waals surface area contributed by atoms with Crippen LogP contribution in [-0.4, -0.2) is 18.3 Å². The minimum absolute atomic E-state index is 0.312. The lowest BCUT2D eigenvalue weighted by Crippen LogP contribution is -1.92. The monoisotopic (exact) mass is 342 g/mol. The van der Waals surface area contributed by atoms with Gasteiger partial charge in [0.2, 0.25) is 5.13 Å². The number of rotatable bonds is 5. The van der Waals surface area contributed by atoms with Crippen LogP contribution in [0, 0.1) is 5.82 Å². The number of benzene rings is 2. The summed E-state index contributed by atoms with van der Waals surface area (Å²) in [7, 11) is 1.56. The molecule has 0 radical (unpaired) electrons. The summed E-state index contributed by atoms with van der Waals surface area (Å²) >= 11 is 1.37. The molecular weight excluding hydrogens is 327 g/mol. The first kappa shape index (κ1) is 15.9. The van der Waals surface area contributed by atoms with Crippen molar-refractivity contribution in [1.82, 2.24) is 4.98 Å². The van der Waals surface area contributed by atoms with E-state index in [2.05, 4.69) is 15.5 Å². The molecule has 1 aromatic heterocycles. The van der Waals surface area contributed by atoms with Crippen LogP contribution in [0.1, 0.15) is 5.56 Å². The Morgan fingerprint density at radius 2 is 2.17 bits per heavy atom. The maximum Gasteiger partial charge on any atom is 0.205 e. The molecule has 0 bridgehead atoms. The number of methoxy groups -OCH3 is 1. The van der Waals surface area contributed by atoms with E-state index in [4.69, 9.17) is 10.5 Å². The van der Waals surface area contributed by atoms with Crippen LogP contribution >= 0.6 is 11.3 Å². The van der Waals surface area contributed by atoms with E-state index in [-0.39, 0.29) is 5.82 Å². The van der Waals surface area contributed by atoms with Crippen molar-refractivity contribution in [1.29, 1.82) is 0 Å². The second kappa shape index (κ2) is 7.10. The third-order valence-corrected chi connectivity index (χ3v) is 4.02. The number of nitrogen functional groups attached to an aromatic ring is 1. The standard InChI is InChI=1S/C17H15FN4OS/c1-23-15-6-5-13(18)8-14(15)12-4-2-3-11(7-12)9-20-22-17-21-16(19)10-24-17/h2-10H,19H2,1H3,(H,21,22). The Balaban J connectivity index is 1.83. The van der Waals surface area contributed by atoms with Crippen LogP contribution in [0.15, 0.2) is 52.9 Å². The second-order valence-corrected chi connectivity index (χ2v) is 5.78. The molecule has 0 spiro atoms. The molecule has 0 saturated carbocycles. The molecule has 0 fully saturated rings. The number of nitrogens with two attached hydrogens (primary N) is 1. The Hall–Kier alpha value is -2.93. The molecule has 3 rings (SSSR count). The highest BCUT2D eigenvalue weighted by Crippen LogP contribution is 2.30. The number of hydrazone groups is 1. The molecule has 0 amide bonds. The van der Waals surface area contributed by atoms with Crippen LogP contribution in [0.2, 0.25) is 0 Å². The molecule has 0 saturated heterocycles. The number of hydrogen-bond donors (Lipinski definition) is 2. The third-order valence-electron chi connectivity index (χ3n) is 3.25. The average Bonchev–Trinajstić information content (AvgIpc) is 3.00. The van der Waals surface area contributed by atoms with E-state index in [1.165, 1.54) is 23.5 Å². The van der Waals surface area contributed by atoms with Crippen molar-refractivity contribution in [2.24, 2.45) is 5.10 Å². The fraction of sp³-hybridized carbons (Fsp3) is 0.0588. The highest BCUT2D eigenvalue weighted by molar-refractivity contribution is 7.14. The van der Waals surface area contributed by atoms with Gasteiger partial charge in [-0.15, -0.1) is 11.3 Å². The average molecular weight is 342 g/mol. The van der Waals surface area contributed by atoms with Gasteiger partial charge in [-0.2, -0.15) is 5.10 Å². The van der Waals surface area contributed by atoms with Gasteiger partial charge in [-0.3, -0.25) is 5.43 Å². The summed E-state index contributed by atoms with van der Waals surface area (Å²) in [5.74, 6) is 0.757. The van der Waals surface area contributed by atoms with Gasteiger partial charge in [0.05, 0.1) is 13.3 Å². The molecule has 5 nitrogen and oxygen atoms in total. The molecule has 7 heteroatoms. The van der Waals surface area contributed by atoms with Gasteiger partial charge in [-0.25, -0.2) is 9.37 Å². The lowest BCUT2D eigenvalue weighted by Gasteiger charge is -2.09. The van der Waals surface area contributed by atoms with Gasteiger partial charge < -0.3 is 10.5 Å². The van der Waals surface area contributed by atoms with Gasteiger partial charge in [0.1, 0.15) is 17.4 Å². The third kappa shape index (κ3) is 3.69. The lowest BCUT2D eigenvalue weighted by atomic mass is 10.0. The molecule has 0 unspecified atom stereocenters. The van der Waals surface area contributed by atoms with E-state index >= 15 is 0 Å². The van der Waals surface area contributed by atoms with Crippen molar-refractivity contribution in [3.8, 4) is 16.9 Å². The smallest absolute Gasteiger partial charge is 0.205 e. The zero-order valence-electron chi connectivity index (χ0n) is 12.9. The summed E-state index contributed by atoms with van der Waals surface area (Å²) in [5, 5.41) is 6.48. The first-order valence-electron chi connectivity index (χ1n) is 7.10. The Kier molecular flexibility index (Phi) is 4.72. The highest BCUT2D eigenvalue weighted by atomic mass is 32.1. The molecule has 3 aromatic rings. The van der Waals surface area contributed by atoms with Crippen LogP contribution in [0.5, 0.6) is 5.75 Å². The molecular formula is C17H15FN4OS. The van der Waals surface area contributed by atoms with E-state index in [1.807, 2.05) is 24.3 Å². The molecule has 0 atom stereocenters. The fourth-order valence-corrected chi connectivity index (χ4v) is 2.74. The first-order chi connectivity index (χ1) is 11.7. The van der Waals surface area contributed by atoms with Gasteiger partial charge in [0, 0.05) is 10.9 Å². The van der Waals surface area contributed by atoms with E-state index < -0.39 is 0 Å². The van der Waals surface area contributed by atoms with Crippen LogP contribution in [0.3, 0.4) is 0 Å². The van der Waals surface area contributed by atoms with Crippen molar-refractivity contribution in [2.45, 2.75) is 0 Å². The van der Waals surface area contributed by atoms with Crippen molar-refractivity contribution in [2.75, 3.05) is 18.3 Å². The van der Waals surface area contributed by atoms with Crippen LogP contribution < -0.4 is 15.9 Å². The number of nitrogens with zero attached hydrogens (tertiary/aromatic N) is 2. The SMILES string of the molecule is COc1ccc(F)cc1-c1cccc(C=NNc2nc(N)cs2)c1. The molecule has 1 heterocycles. The number of halogens is 1. The fourth-order valence-electron chi connectivity index (χ4n) is 2.19. The van der Waals surface area contributed by atoms with Crippen LogP contribution in [0.25, 0.3) is 11.1 Å². The quantitative estimate of drug-likeness (QED) is 0.543. The Bertz CT molecular complexity index is 879. The summed E-state index contributed by atoms with van der Waals surface area (Å²) in [6.45, 7) is 0. The number of nitrogens with one attached hydrogen (secondary N) is 1. The van der Waals surface area contributed by atoms with Gasteiger partial charge in [-0.05, 0) is 35.4 Å². The molecule has 122 valence electrons. The first-order valence-corrected chi connectivity index (χ1v) is 7.98. The van der Waals surface area contributed by atoms with Crippen molar-refractivity contribution in [3.63, 3.8) is 0 Å². The highest BCUT2D eigenvalue weighted by Gasteiger charge is 2.07. The van der Waals surface area contributed by atoms with Crippen molar-refractivity contribution < 1.29 is 9.13 Å². The predicted octanol–water partition coefficient (Wildman–Crippen LogP) is 3.99. The predicted molar refractivity (Wildman–Crippen MR) is 96.1 cm³/mol. The zero-order valence-corrected chi connectivity index (χ0v) is 13.7. The number of anilines is 2. The maximum absolute atomic E-state index is 13.6. The Labute approximate surface area is 142 Å². The topological polar surface area (TPSA) is 72.5 Å². The summed E-state index contributed by atoms with van der Waals surface area (Å²) in [6.07, 6.45) is 1.66. The van der Waals surface area contributed by atoms with E-state index in [0.29, 0.717) is 22.3 Å². The minimum atomic E-state index is -0.312.